The third-order valence-electron chi connectivity index (χ3n) is 2.80. The van der Waals surface area contributed by atoms with Gasteiger partial charge in [0.2, 0.25) is 0 Å². The summed E-state index contributed by atoms with van der Waals surface area (Å²) in [6.07, 6.45) is 2.92. The fourth-order valence-electron chi connectivity index (χ4n) is 1.74. The Bertz CT molecular complexity index is 624. The minimum atomic E-state index is -1.15. The summed E-state index contributed by atoms with van der Waals surface area (Å²) in [5.41, 5.74) is 1.09. The van der Waals surface area contributed by atoms with Crippen LogP contribution < -0.4 is 5.32 Å². The number of methoxy groups -OCH3 is 1. The first-order valence-corrected chi connectivity index (χ1v) is 6.24. The van der Waals surface area contributed by atoms with Gasteiger partial charge in [-0.15, -0.1) is 0 Å². The van der Waals surface area contributed by atoms with Gasteiger partial charge in [-0.25, -0.2) is 9.48 Å². The summed E-state index contributed by atoms with van der Waals surface area (Å²) in [7, 11) is 1.37. The van der Waals surface area contributed by atoms with Gasteiger partial charge in [0.25, 0.3) is 5.91 Å². The number of aromatic nitrogens is 2. The Morgan fingerprint density at radius 3 is 2.71 bits per heavy atom. The molecule has 0 fully saturated rings. The first-order chi connectivity index (χ1) is 10.1. The average molecular weight is 289 g/mol. The van der Waals surface area contributed by atoms with Crippen molar-refractivity contribution >= 4 is 11.9 Å². The van der Waals surface area contributed by atoms with Gasteiger partial charge in [-0.3, -0.25) is 4.79 Å². The maximum absolute atomic E-state index is 12.0. The second-order valence-electron chi connectivity index (χ2n) is 4.33. The van der Waals surface area contributed by atoms with Gasteiger partial charge in [-0.2, -0.15) is 5.10 Å². The standard InChI is InChI=1S/C14H15N3O4/c1-21-9-12(14(19)20)16-13(18)10-7-15-17(8-10)11-5-3-2-4-6-11/h2-8,12H,9H2,1H3,(H,16,18)(H,19,20). The molecule has 0 spiro atoms. The number of amides is 1. The van der Waals surface area contributed by atoms with Gasteiger partial charge in [-0.05, 0) is 12.1 Å². The van der Waals surface area contributed by atoms with Crippen molar-refractivity contribution in [1.29, 1.82) is 0 Å². The highest BCUT2D eigenvalue weighted by molar-refractivity contribution is 5.96. The van der Waals surface area contributed by atoms with Crippen LogP contribution in [0.15, 0.2) is 42.7 Å². The Labute approximate surface area is 121 Å². The molecule has 1 unspecified atom stereocenters. The number of ether oxygens (including phenoxy) is 1. The van der Waals surface area contributed by atoms with Crippen LogP contribution in [0.3, 0.4) is 0 Å². The molecule has 1 aromatic carbocycles. The van der Waals surface area contributed by atoms with Gasteiger partial charge in [0.1, 0.15) is 0 Å². The zero-order chi connectivity index (χ0) is 15.2. The molecule has 0 radical (unpaired) electrons. The second kappa shape index (κ2) is 6.67. The maximum Gasteiger partial charge on any atom is 0.328 e. The van der Waals surface area contributed by atoms with Crippen molar-refractivity contribution in [1.82, 2.24) is 15.1 Å². The number of hydrogen-bond acceptors (Lipinski definition) is 4. The molecule has 1 atom stereocenters. The smallest absolute Gasteiger partial charge is 0.328 e. The van der Waals surface area contributed by atoms with E-state index in [-0.39, 0.29) is 12.2 Å². The van der Waals surface area contributed by atoms with E-state index >= 15 is 0 Å². The van der Waals surface area contributed by atoms with E-state index in [1.807, 2.05) is 30.3 Å². The fraction of sp³-hybridized carbons (Fsp3) is 0.214. The lowest BCUT2D eigenvalue weighted by Crippen LogP contribution is -2.43. The summed E-state index contributed by atoms with van der Waals surface area (Å²) >= 11 is 0. The minimum absolute atomic E-state index is 0.103. The summed E-state index contributed by atoms with van der Waals surface area (Å²) in [5, 5.41) is 15.4. The molecule has 0 aliphatic rings. The molecule has 0 aliphatic heterocycles. The van der Waals surface area contributed by atoms with Gasteiger partial charge < -0.3 is 15.2 Å². The molecule has 7 heteroatoms. The van der Waals surface area contributed by atoms with Crippen molar-refractivity contribution in [2.45, 2.75) is 6.04 Å². The highest BCUT2D eigenvalue weighted by Crippen LogP contribution is 2.07. The van der Waals surface area contributed by atoms with E-state index < -0.39 is 17.9 Å². The first-order valence-electron chi connectivity index (χ1n) is 6.24. The van der Waals surface area contributed by atoms with E-state index in [4.69, 9.17) is 9.84 Å². The molecule has 2 rings (SSSR count). The van der Waals surface area contributed by atoms with E-state index in [9.17, 15) is 9.59 Å². The highest BCUT2D eigenvalue weighted by atomic mass is 16.5. The summed E-state index contributed by atoms with van der Waals surface area (Å²) in [5.74, 6) is -1.66. The predicted molar refractivity (Wildman–Crippen MR) is 74.3 cm³/mol. The topological polar surface area (TPSA) is 93.5 Å². The van der Waals surface area contributed by atoms with Crippen molar-refractivity contribution in [2.75, 3.05) is 13.7 Å². The molecule has 1 aromatic heterocycles. The van der Waals surface area contributed by atoms with Gasteiger partial charge in [0, 0.05) is 13.3 Å². The third kappa shape index (κ3) is 3.67. The van der Waals surface area contributed by atoms with E-state index in [1.165, 1.54) is 19.5 Å². The van der Waals surface area contributed by atoms with Crippen LogP contribution in [-0.4, -0.2) is 46.5 Å². The van der Waals surface area contributed by atoms with Crippen LogP contribution in [0.1, 0.15) is 10.4 Å². The number of carbonyl (C=O) groups excluding carboxylic acids is 1. The number of benzene rings is 1. The van der Waals surface area contributed by atoms with Crippen LogP contribution in [0.4, 0.5) is 0 Å². The molecule has 2 aromatic rings. The number of aliphatic carboxylic acids is 1. The molecule has 2 N–H and O–H groups in total. The summed E-state index contributed by atoms with van der Waals surface area (Å²) in [6, 6.07) is 8.19. The second-order valence-corrected chi connectivity index (χ2v) is 4.33. The van der Waals surface area contributed by atoms with Crippen LogP contribution in [0.5, 0.6) is 0 Å². The zero-order valence-corrected chi connectivity index (χ0v) is 11.4. The number of carboxylic acid groups (broad SMARTS) is 1. The lowest BCUT2D eigenvalue weighted by Gasteiger charge is -2.12. The number of nitrogens with one attached hydrogen (secondary N) is 1. The predicted octanol–water partition coefficient (Wildman–Crippen LogP) is 0.702. The van der Waals surface area contributed by atoms with Crippen LogP contribution in [0.2, 0.25) is 0 Å². The van der Waals surface area contributed by atoms with Gasteiger partial charge in [0.05, 0.1) is 24.1 Å². The largest absolute Gasteiger partial charge is 0.480 e. The molecule has 21 heavy (non-hydrogen) atoms. The van der Waals surface area contributed by atoms with Crippen molar-refractivity contribution in [3.05, 3.63) is 48.3 Å². The van der Waals surface area contributed by atoms with E-state index in [0.29, 0.717) is 0 Å². The lowest BCUT2D eigenvalue weighted by atomic mass is 10.2. The highest BCUT2D eigenvalue weighted by Gasteiger charge is 2.21. The Morgan fingerprint density at radius 1 is 1.38 bits per heavy atom. The van der Waals surface area contributed by atoms with Crippen LogP contribution >= 0.6 is 0 Å². The van der Waals surface area contributed by atoms with Gasteiger partial charge >= 0.3 is 5.97 Å². The molecule has 0 bridgehead atoms. The summed E-state index contributed by atoms with van der Waals surface area (Å²) in [4.78, 5) is 23.0. The lowest BCUT2D eigenvalue weighted by molar-refractivity contribution is -0.140. The minimum Gasteiger partial charge on any atom is -0.480 e. The fourth-order valence-corrected chi connectivity index (χ4v) is 1.74. The average Bonchev–Trinajstić information content (AvgIpc) is 2.97. The SMILES string of the molecule is COCC(NC(=O)c1cnn(-c2ccccc2)c1)C(=O)O. The molecule has 110 valence electrons. The third-order valence-corrected chi connectivity index (χ3v) is 2.80. The molecule has 1 amide bonds. The molecule has 7 nitrogen and oxygen atoms in total. The van der Waals surface area contributed by atoms with Crippen molar-refractivity contribution in [3.8, 4) is 5.69 Å². The molecule has 0 saturated heterocycles. The number of rotatable bonds is 6. The van der Waals surface area contributed by atoms with E-state index in [1.54, 1.807) is 4.68 Å². The van der Waals surface area contributed by atoms with Crippen molar-refractivity contribution in [2.24, 2.45) is 0 Å². The quantitative estimate of drug-likeness (QED) is 0.816. The Hall–Kier alpha value is -2.67. The summed E-state index contributed by atoms with van der Waals surface area (Å²) < 4.78 is 6.30. The maximum atomic E-state index is 12.0. The number of hydrogen-bond donors (Lipinski definition) is 2. The molecule has 0 saturated carbocycles. The van der Waals surface area contributed by atoms with Gasteiger partial charge in [-0.1, -0.05) is 18.2 Å². The van der Waals surface area contributed by atoms with Crippen molar-refractivity contribution in [3.63, 3.8) is 0 Å². The number of carbonyl (C=O) groups is 2. The number of carboxylic acids is 1. The van der Waals surface area contributed by atoms with Crippen LogP contribution in [0, 0.1) is 0 Å². The Balaban J connectivity index is 2.10. The number of para-hydroxylation sites is 1. The normalized spacial score (nSPS) is 11.9. The first kappa shape index (κ1) is 14.7. The monoisotopic (exact) mass is 289 g/mol. The van der Waals surface area contributed by atoms with E-state index in [2.05, 4.69) is 10.4 Å². The Kier molecular flexibility index (Phi) is 4.68. The zero-order valence-electron chi connectivity index (χ0n) is 11.4. The van der Waals surface area contributed by atoms with Crippen LogP contribution in [0.25, 0.3) is 5.69 Å². The van der Waals surface area contributed by atoms with Crippen LogP contribution in [-0.2, 0) is 9.53 Å². The van der Waals surface area contributed by atoms with Gasteiger partial charge in [0.15, 0.2) is 6.04 Å². The molecule has 0 aliphatic carbocycles. The van der Waals surface area contributed by atoms with Crippen molar-refractivity contribution < 1.29 is 19.4 Å². The molecular weight excluding hydrogens is 274 g/mol. The van der Waals surface area contributed by atoms with E-state index in [0.717, 1.165) is 5.69 Å². The molecule has 1 heterocycles. The number of nitrogens with zero attached hydrogens (tertiary/aromatic N) is 2. The summed E-state index contributed by atoms with van der Waals surface area (Å²) in [6.45, 7) is -0.103. The molecular formula is C14H15N3O4. The Morgan fingerprint density at radius 2 is 2.10 bits per heavy atom.